The van der Waals surface area contributed by atoms with Crippen molar-refractivity contribution < 1.29 is 9.59 Å². The summed E-state index contributed by atoms with van der Waals surface area (Å²) in [6, 6.07) is 4.53. The molecule has 0 spiro atoms. The van der Waals surface area contributed by atoms with Gasteiger partial charge in [0, 0.05) is 18.0 Å². The molecule has 0 aromatic carbocycles. The van der Waals surface area contributed by atoms with E-state index in [4.69, 9.17) is 11.6 Å². The first-order valence-electron chi connectivity index (χ1n) is 7.29. The van der Waals surface area contributed by atoms with Gasteiger partial charge >= 0.3 is 0 Å². The maximum absolute atomic E-state index is 12.4. The molecule has 0 bridgehead atoms. The van der Waals surface area contributed by atoms with Crippen molar-refractivity contribution in [1.29, 1.82) is 0 Å². The number of nitrogens with zero attached hydrogens (tertiary/aromatic N) is 2. The molecule has 7 nitrogen and oxygen atoms in total. The number of rotatable bonds is 2. The highest BCUT2D eigenvalue weighted by Crippen LogP contribution is 2.22. The lowest BCUT2D eigenvalue weighted by molar-refractivity contribution is -0.118. The van der Waals surface area contributed by atoms with Gasteiger partial charge in [-0.15, -0.1) is 0 Å². The van der Waals surface area contributed by atoms with E-state index in [0.717, 1.165) is 10.9 Å². The van der Waals surface area contributed by atoms with Crippen molar-refractivity contribution in [2.45, 2.75) is 12.5 Å². The lowest BCUT2D eigenvalue weighted by Gasteiger charge is -2.24. The lowest BCUT2D eigenvalue weighted by Crippen LogP contribution is -2.47. The molecular weight excluding hydrogens is 330 g/mol. The summed E-state index contributed by atoms with van der Waals surface area (Å²) in [4.78, 5) is 35.5. The maximum atomic E-state index is 12.4. The summed E-state index contributed by atoms with van der Waals surface area (Å²) >= 11 is 5.85. The fourth-order valence-electron chi connectivity index (χ4n) is 2.73. The summed E-state index contributed by atoms with van der Waals surface area (Å²) in [5, 5.41) is 6.63. The van der Waals surface area contributed by atoms with E-state index < -0.39 is 6.04 Å². The molecule has 120 valence electrons. The largest absolute Gasteiger partial charge is 0.349 e. The van der Waals surface area contributed by atoms with Crippen molar-refractivity contribution in [3.8, 4) is 0 Å². The standard InChI is InChI=1S/C16H12ClN5O2/c17-14-5-9-4-10(20-13(9)7-19-14)15(23)21-11-3-8-1-2-18-6-12(8)22-16(11)24/h1-2,4-7,11,20H,3H2,(H,21,23)(H,22,24). The molecule has 24 heavy (non-hydrogen) atoms. The van der Waals surface area contributed by atoms with Crippen molar-refractivity contribution in [1.82, 2.24) is 20.3 Å². The van der Waals surface area contributed by atoms with Gasteiger partial charge < -0.3 is 15.6 Å². The van der Waals surface area contributed by atoms with Gasteiger partial charge in [-0.25, -0.2) is 4.98 Å². The molecule has 0 radical (unpaired) electrons. The third-order valence-corrected chi connectivity index (χ3v) is 4.14. The van der Waals surface area contributed by atoms with Crippen LogP contribution in [0.15, 0.2) is 36.8 Å². The number of anilines is 1. The molecular formula is C16H12ClN5O2. The molecule has 3 N–H and O–H groups in total. The van der Waals surface area contributed by atoms with Crippen LogP contribution in [-0.4, -0.2) is 32.8 Å². The van der Waals surface area contributed by atoms with Gasteiger partial charge in [0.25, 0.3) is 5.91 Å². The van der Waals surface area contributed by atoms with Gasteiger partial charge in [0.1, 0.15) is 16.9 Å². The molecule has 0 aliphatic carbocycles. The normalized spacial score (nSPS) is 16.5. The molecule has 1 unspecified atom stereocenters. The number of hydrogen-bond acceptors (Lipinski definition) is 4. The fraction of sp³-hybridized carbons (Fsp3) is 0.125. The SMILES string of the molecule is O=C(NC1Cc2ccncc2NC1=O)c1cc2cc(Cl)ncc2[nH]1. The van der Waals surface area contributed by atoms with Crippen LogP contribution in [-0.2, 0) is 11.2 Å². The number of halogens is 1. The van der Waals surface area contributed by atoms with Crippen molar-refractivity contribution in [3.63, 3.8) is 0 Å². The zero-order chi connectivity index (χ0) is 16.7. The average molecular weight is 342 g/mol. The number of carbonyl (C=O) groups is 2. The fourth-order valence-corrected chi connectivity index (χ4v) is 2.89. The minimum Gasteiger partial charge on any atom is -0.349 e. The highest BCUT2D eigenvalue weighted by atomic mass is 35.5. The number of carbonyl (C=O) groups excluding carboxylic acids is 2. The van der Waals surface area contributed by atoms with E-state index in [2.05, 4.69) is 25.6 Å². The molecule has 1 atom stereocenters. The zero-order valence-electron chi connectivity index (χ0n) is 12.3. The Kier molecular flexibility index (Phi) is 3.42. The third kappa shape index (κ3) is 2.59. The number of hydrogen-bond donors (Lipinski definition) is 3. The minimum absolute atomic E-state index is 0.260. The van der Waals surface area contributed by atoms with E-state index in [1.54, 1.807) is 30.7 Å². The topological polar surface area (TPSA) is 99.8 Å². The van der Waals surface area contributed by atoms with E-state index in [0.29, 0.717) is 28.5 Å². The monoisotopic (exact) mass is 341 g/mol. The summed E-state index contributed by atoms with van der Waals surface area (Å²) in [6.07, 6.45) is 5.23. The van der Waals surface area contributed by atoms with Gasteiger partial charge in [-0.05, 0) is 23.8 Å². The number of pyridine rings is 2. The molecule has 4 rings (SSSR count). The Bertz CT molecular complexity index is 968. The Balaban J connectivity index is 1.56. The molecule has 1 aliphatic heterocycles. The Labute approximate surface area is 141 Å². The first kappa shape index (κ1) is 14.6. The summed E-state index contributed by atoms with van der Waals surface area (Å²) < 4.78 is 0. The van der Waals surface area contributed by atoms with Gasteiger partial charge in [-0.1, -0.05) is 11.6 Å². The Morgan fingerprint density at radius 2 is 2.21 bits per heavy atom. The first-order chi connectivity index (χ1) is 11.6. The highest BCUT2D eigenvalue weighted by Gasteiger charge is 2.28. The Morgan fingerprint density at radius 3 is 3.08 bits per heavy atom. The van der Waals surface area contributed by atoms with E-state index in [1.165, 1.54) is 0 Å². The highest BCUT2D eigenvalue weighted by molar-refractivity contribution is 6.30. The summed E-state index contributed by atoms with van der Waals surface area (Å²) in [5.41, 5.74) is 2.67. The van der Waals surface area contributed by atoms with Crippen LogP contribution in [0.4, 0.5) is 5.69 Å². The van der Waals surface area contributed by atoms with Crippen LogP contribution in [0.5, 0.6) is 0 Å². The van der Waals surface area contributed by atoms with Crippen LogP contribution in [0.3, 0.4) is 0 Å². The van der Waals surface area contributed by atoms with Crippen molar-refractivity contribution in [2.24, 2.45) is 0 Å². The van der Waals surface area contributed by atoms with Crippen LogP contribution in [0.25, 0.3) is 10.9 Å². The van der Waals surface area contributed by atoms with Crippen LogP contribution >= 0.6 is 11.6 Å². The molecule has 3 aromatic rings. The minimum atomic E-state index is -0.638. The predicted octanol–water partition coefficient (Wildman–Crippen LogP) is 1.90. The number of H-pyrrole nitrogens is 1. The van der Waals surface area contributed by atoms with Crippen LogP contribution in [0.1, 0.15) is 16.1 Å². The molecule has 3 aromatic heterocycles. The summed E-state index contributed by atoms with van der Waals surface area (Å²) in [5.74, 6) is -0.621. The van der Waals surface area contributed by atoms with Crippen LogP contribution in [0, 0.1) is 0 Å². The average Bonchev–Trinajstić information content (AvgIpc) is 2.98. The second kappa shape index (κ2) is 5.61. The van der Waals surface area contributed by atoms with Crippen LogP contribution in [0.2, 0.25) is 5.15 Å². The van der Waals surface area contributed by atoms with Gasteiger partial charge in [0.05, 0.1) is 23.6 Å². The Morgan fingerprint density at radius 1 is 1.33 bits per heavy atom. The van der Waals surface area contributed by atoms with Crippen molar-refractivity contribution >= 4 is 40.0 Å². The molecule has 1 aliphatic rings. The predicted molar refractivity (Wildman–Crippen MR) is 88.9 cm³/mol. The molecule has 4 heterocycles. The smallest absolute Gasteiger partial charge is 0.268 e. The molecule has 0 saturated carbocycles. The molecule has 2 amide bonds. The summed E-state index contributed by atoms with van der Waals surface area (Å²) in [6.45, 7) is 0. The number of fused-ring (bicyclic) bond motifs is 2. The number of aromatic nitrogens is 3. The Hall–Kier alpha value is -2.93. The molecule has 0 fully saturated rings. The number of aromatic amines is 1. The molecule has 8 heteroatoms. The van der Waals surface area contributed by atoms with E-state index in [-0.39, 0.29) is 11.8 Å². The molecule has 0 saturated heterocycles. The van der Waals surface area contributed by atoms with Gasteiger partial charge in [0.15, 0.2) is 0 Å². The van der Waals surface area contributed by atoms with Gasteiger partial charge in [-0.2, -0.15) is 0 Å². The quantitative estimate of drug-likeness (QED) is 0.620. The van der Waals surface area contributed by atoms with Crippen LogP contribution < -0.4 is 10.6 Å². The number of amides is 2. The second-order valence-electron chi connectivity index (χ2n) is 5.53. The number of nitrogens with one attached hydrogen (secondary N) is 3. The van der Waals surface area contributed by atoms with E-state index in [1.807, 2.05) is 6.07 Å². The third-order valence-electron chi connectivity index (χ3n) is 3.93. The maximum Gasteiger partial charge on any atom is 0.268 e. The van der Waals surface area contributed by atoms with Gasteiger partial charge in [-0.3, -0.25) is 14.6 Å². The second-order valence-corrected chi connectivity index (χ2v) is 5.92. The van der Waals surface area contributed by atoms with E-state index >= 15 is 0 Å². The first-order valence-corrected chi connectivity index (χ1v) is 7.67. The lowest BCUT2D eigenvalue weighted by atomic mass is 10.0. The van der Waals surface area contributed by atoms with Crippen molar-refractivity contribution in [2.75, 3.05) is 5.32 Å². The van der Waals surface area contributed by atoms with E-state index in [9.17, 15) is 9.59 Å². The summed E-state index contributed by atoms with van der Waals surface area (Å²) in [7, 11) is 0. The zero-order valence-corrected chi connectivity index (χ0v) is 13.1. The van der Waals surface area contributed by atoms with Crippen molar-refractivity contribution in [3.05, 3.63) is 53.2 Å². The van der Waals surface area contributed by atoms with Gasteiger partial charge in [0.2, 0.25) is 5.91 Å².